The van der Waals surface area contributed by atoms with Gasteiger partial charge in [-0.15, -0.1) is 11.8 Å². The number of benzene rings is 1. The van der Waals surface area contributed by atoms with Crippen molar-refractivity contribution in [2.45, 2.75) is 23.4 Å². The number of nitrogens with two attached hydrogens (primary N) is 1. The highest BCUT2D eigenvalue weighted by atomic mass is 32.2. The second-order valence-electron chi connectivity index (χ2n) is 4.68. The van der Waals surface area contributed by atoms with Crippen LogP contribution in [0.5, 0.6) is 0 Å². The molecule has 1 aromatic rings. The van der Waals surface area contributed by atoms with E-state index in [9.17, 15) is 9.59 Å². The normalized spacial score (nSPS) is 13.3. The molecule has 0 saturated heterocycles. The van der Waals surface area contributed by atoms with Crippen molar-refractivity contribution in [3.63, 3.8) is 0 Å². The number of carbonyl (C=O) groups excluding carboxylic acids is 2. The lowest BCUT2D eigenvalue weighted by molar-refractivity contribution is -0.141. The Kier molecular flexibility index (Phi) is 7.94. The summed E-state index contributed by atoms with van der Waals surface area (Å²) in [6, 6.07) is 6.36. The summed E-state index contributed by atoms with van der Waals surface area (Å²) in [6.45, 7) is 0.113. The highest BCUT2D eigenvalue weighted by molar-refractivity contribution is 7.98. The van der Waals surface area contributed by atoms with E-state index in [1.807, 2.05) is 30.5 Å². The molecule has 0 aliphatic rings. The Hall–Kier alpha value is -1.57. The second-order valence-corrected chi connectivity index (χ2v) is 5.56. The molecular formula is C15H22N2O4S. The summed E-state index contributed by atoms with van der Waals surface area (Å²) < 4.78 is 9.55. The van der Waals surface area contributed by atoms with Crippen LogP contribution in [0, 0.1) is 0 Å². The van der Waals surface area contributed by atoms with Crippen molar-refractivity contribution in [3.8, 4) is 0 Å². The maximum Gasteiger partial charge on any atom is 0.307 e. The summed E-state index contributed by atoms with van der Waals surface area (Å²) in [5, 5.41) is 2.77. The number of esters is 1. The van der Waals surface area contributed by atoms with Crippen LogP contribution in [0.1, 0.15) is 18.0 Å². The zero-order chi connectivity index (χ0) is 16.5. The number of methoxy groups -OCH3 is 2. The predicted octanol–water partition coefficient (Wildman–Crippen LogP) is 1.10. The number of carbonyl (C=O) groups is 2. The lowest BCUT2D eigenvalue weighted by atomic mass is 10.0. The van der Waals surface area contributed by atoms with E-state index in [0.29, 0.717) is 0 Å². The number of hydrogen-bond donors (Lipinski definition) is 2. The monoisotopic (exact) mass is 326 g/mol. The van der Waals surface area contributed by atoms with E-state index < -0.39 is 18.1 Å². The lowest BCUT2D eigenvalue weighted by Crippen LogP contribution is -2.45. The molecule has 122 valence electrons. The summed E-state index contributed by atoms with van der Waals surface area (Å²) in [7, 11) is 2.79. The smallest absolute Gasteiger partial charge is 0.307 e. The molecule has 1 rings (SSSR count). The van der Waals surface area contributed by atoms with E-state index in [-0.39, 0.29) is 18.9 Å². The molecule has 2 unspecified atom stereocenters. The van der Waals surface area contributed by atoms with Gasteiger partial charge in [0.15, 0.2) is 0 Å². The van der Waals surface area contributed by atoms with E-state index in [2.05, 4.69) is 10.1 Å². The maximum absolute atomic E-state index is 12.0. The third-order valence-corrected chi connectivity index (χ3v) is 3.86. The van der Waals surface area contributed by atoms with E-state index in [4.69, 9.17) is 10.5 Å². The quantitative estimate of drug-likeness (QED) is 0.549. The Morgan fingerprint density at radius 2 is 1.91 bits per heavy atom. The van der Waals surface area contributed by atoms with Crippen LogP contribution < -0.4 is 11.1 Å². The van der Waals surface area contributed by atoms with Gasteiger partial charge in [0.1, 0.15) is 6.04 Å². The van der Waals surface area contributed by atoms with Crippen LogP contribution in [-0.4, -0.2) is 45.0 Å². The molecule has 22 heavy (non-hydrogen) atoms. The first-order chi connectivity index (χ1) is 10.5. The fourth-order valence-corrected chi connectivity index (χ4v) is 2.28. The average molecular weight is 326 g/mol. The Morgan fingerprint density at radius 1 is 1.27 bits per heavy atom. The first-order valence-electron chi connectivity index (χ1n) is 6.77. The van der Waals surface area contributed by atoms with Gasteiger partial charge in [-0.2, -0.15) is 0 Å². The van der Waals surface area contributed by atoms with Gasteiger partial charge in [0.2, 0.25) is 5.91 Å². The van der Waals surface area contributed by atoms with Gasteiger partial charge in [-0.25, -0.2) is 0 Å². The van der Waals surface area contributed by atoms with Crippen molar-refractivity contribution in [2.75, 3.05) is 27.1 Å². The average Bonchev–Trinajstić information content (AvgIpc) is 2.54. The fraction of sp³-hybridized carbons (Fsp3) is 0.467. The van der Waals surface area contributed by atoms with E-state index in [1.54, 1.807) is 11.8 Å². The summed E-state index contributed by atoms with van der Waals surface area (Å²) in [5.41, 5.74) is 6.53. The molecule has 1 amide bonds. The molecule has 0 saturated carbocycles. The molecule has 0 aliphatic heterocycles. The molecular weight excluding hydrogens is 304 g/mol. The minimum absolute atomic E-state index is 0.0422. The Bertz CT molecular complexity index is 493. The first kappa shape index (κ1) is 18.5. The second kappa shape index (κ2) is 9.45. The van der Waals surface area contributed by atoms with Gasteiger partial charge in [-0.05, 0) is 24.0 Å². The molecule has 7 heteroatoms. The molecule has 0 spiro atoms. The molecule has 6 nitrogen and oxygen atoms in total. The van der Waals surface area contributed by atoms with Gasteiger partial charge in [0.25, 0.3) is 0 Å². The van der Waals surface area contributed by atoms with E-state index >= 15 is 0 Å². The Labute approximate surface area is 134 Å². The predicted molar refractivity (Wildman–Crippen MR) is 85.6 cm³/mol. The van der Waals surface area contributed by atoms with Gasteiger partial charge < -0.3 is 20.5 Å². The number of rotatable bonds is 8. The van der Waals surface area contributed by atoms with Gasteiger partial charge in [-0.3, -0.25) is 9.59 Å². The lowest BCUT2D eigenvalue weighted by Gasteiger charge is -2.20. The third kappa shape index (κ3) is 5.67. The van der Waals surface area contributed by atoms with Crippen molar-refractivity contribution in [2.24, 2.45) is 5.73 Å². The van der Waals surface area contributed by atoms with Crippen LogP contribution in [0.25, 0.3) is 0 Å². The van der Waals surface area contributed by atoms with Gasteiger partial charge in [0.05, 0.1) is 26.2 Å². The summed E-state index contributed by atoms with van der Waals surface area (Å²) in [6.07, 6.45) is 2.02. The SMILES string of the molecule is COCC(N)C(=O)NC(CC(=O)OC)c1ccc(SC)cc1. The molecule has 3 N–H and O–H groups in total. The van der Waals surface area contributed by atoms with Crippen molar-refractivity contribution in [1.82, 2.24) is 5.32 Å². The third-order valence-electron chi connectivity index (χ3n) is 3.12. The number of hydrogen-bond acceptors (Lipinski definition) is 6. The van der Waals surface area contributed by atoms with Crippen LogP contribution in [0.4, 0.5) is 0 Å². The molecule has 2 atom stereocenters. The van der Waals surface area contributed by atoms with Crippen LogP contribution in [-0.2, 0) is 19.1 Å². The van der Waals surface area contributed by atoms with Crippen LogP contribution >= 0.6 is 11.8 Å². The summed E-state index contributed by atoms with van der Waals surface area (Å²) in [4.78, 5) is 24.7. The molecule has 0 heterocycles. The molecule has 0 radical (unpaired) electrons. The Balaban J connectivity index is 2.87. The molecule has 1 aromatic carbocycles. The van der Waals surface area contributed by atoms with Gasteiger partial charge in [-0.1, -0.05) is 12.1 Å². The number of amides is 1. The number of thioether (sulfide) groups is 1. The van der Waals surface area contributed by atoms with Crippen molar-refractivity contribution >= 4 is 23.6 Å². The number of nitrogens with one attached hydrogen (secondary N) is 1. The highest BCUT2D eigenvalue weighted by Gasteiger charge is 2.22. The highest BCUT2D eigenvalue weighted by Crippen LogP contribution is 2.21. The van der Waals surface area contributed by atoms with Crippen molar-refractivity contribution in [1.29, 1.82) is 0 Å². The van der Waals surface area contributed by atoms with Gasteiger partial charge >= 0.3 is 5.97 Å². The minimum Gasteiger partial charge on any atom is -0.469 e. The van der Waals surface area contributed by atoms with Crippen LogP contribution in [0.2, 0.25) is 0 Å². The molecule has 0 aromatic heterocycles. The largest absolute Gasteiger partial charge is 0.469 e. The van der Waals surface area contributed by atoms with E-state index in [0.717, 1.165) is 10.5 Å². The standard InChI is InChI=1S/C15H22N2O4S/c1-20-9-12(16)15(19)17-13(8-14(18)21-2)10-4-6-11(22-3)7-5-10/h4-7,12-13H,8-9,16H2,1-3H3,(H,17,19). The topological polar surface area (TPSA) is 90.6 Å². The molecule has 0 bridgehead atoms. The summed E-state index contributed by atoms with van der Waals surface area (Å²) >= 11 is 1.62. The van der Waals surface area contributed by atoms with Crippen molar-refractivity contribution < 1.29 is 19.1 Å². The fourth-order valence-electron chi connectivity index (χ4n) is 1.87. The first-order valence-corrected chi connectivity index (χ1v) is 8.00. The van der Waals surface area contributed by atoms with E-state index in [1.165, 1.54) is 14.2 Å². The molecule has 0 aliphatic carbocycles. The molecule has 0 fully saturated rings. The zero-order valence-corrected chi connectivity index (χ0v) is 13.8. The zero-order valence-electron chi connectivity index (χ0n) is 13.0. The van der Waals surface area contributed by atoms with Crippen LogP contribution in [0.3, 0.4) is 0 Å². The van der Waals surface area contributed by atoms with Gasteiger partial charge in [0, 0.05) is 12.0 Å². The summed E-state index contributed by atoms with van der Waals surface area (Å²) in [5.74, 6) is -0.774. The Morgan fingerprint density at radius 3 is 2.41 bits per heavy atom. The maximum atomic E-state index is 12.0. The minimum atomic E-state index is -0.782. The van der Waals surface area contributed by atoms with Crippen molar-refractivity contribution in [3.05, 3.63) is 29.8 Å². The van der Waals surface area contributed by atoms with Crippen LogP contribution in [0.15, 0.2) is 29.2 Å². The number of ether oxygens (including phenoxy) is 2.